The van der Waals surface area contributed by atoms with Gasteiger partial charge >= 0.3 is 0 Å². The molecule has 0 bridgehead atoms. The third-order valence-electron chi connectivity index (χ3n) is 4.36. The van der Waals surface area contributed by atoms with E-state index in [1.54, 1.807) is 11.3 Å². The van der Waals surface area contributed by atoms with Crippen LogP contribution in [0.1, 0.15) is 35.3 Å². The fourth-order valence-corrected chi connectivity index (χ4v) is 3.79. The minimum absolute atomic E-state index is 0.179. The summed E-state index contributed by atoms with van der Waals surface area (Å²) in [6, 6.07) is 8.48. The molecule has 5 nitrogen and oxygen atoms in total. The molecular formula is C18H26N4OS. The number of guanidine groups is 1. The Balaban J connectivity index is 1.55. The van der Waals surface area contributed by atoms with Crippen LogP contribution in [-0.2, 0) is 6.42 Å². The average molecular weight is 347 g/mol. The number of nitrogens with one attached hydrogen (secondary N) is 1. The number of aliphatic imine (C=N–C) groups is 1. The smallest absolute Gasteiger partial charge is 0.188 e. The predicted octanol–water partition coefficient (Wildman–Crippen LogP) is 2.93. The van der Waals surface area contributed by atoms with Crippen LogP contribution in [0.3, 0.4) is 0 Å². The Hall–Kier alpha value is -1.79. The van der Waals surface area contributed by atoms with Crippen LogP contribution in [0.15, 0.2) is 39.1 Å². The molecule has 1 saturated heterocycles. The molecule has 1 unspecified atom stereocenters. The first-order valence-electron chi connectivity index (χ1n) is 8.59. The highest BCUT2D eigenvalue weighted by Crippen LogP contribution is 2.26. The predicted molar refractivity (Wildman–Crippen MR) is 99.5 cm³/mol. The summed E-state index contributed by atoms with van der Waals surface area (Å²) < 4.78 is 5.85. The molecule has 2 aromatic rings. The Kier molecular flexibility index (Phi) is 5.93. The number of furan rings is 1. The SMILES string of the molecule is Cc1ccc(C(CN=C(N)NCCc2cccs2)N2CCCC2)o1. The van der Waals surface area contributed by atoms with Crippen molar-refractivity contribution in [3.8, 4) is 0 Å². The van der Waals surface area contributed by atoms with Crippen molar-refractivity contribution < 1.29 is 4.42 Å². The van der Waals surface area contributed by atoms with Gasteiger partial charge in [-0.1, -0.05) is 6.07 Å². The second kappa shape index (κ2) is 8.35. The first-order chi connectivity index (χ1) is 11.7. The molecule has 0 spiro atoms. The van der Waals surface area contributed by atoms with Crippen molar-refractivity contribution in [3.63, 3.8) is 0 Å². The van der Waals surface area contributed by atoms with E-state index in [9.17, 15) is 0 Å². The van der Waals surface area contributed by atoms with Crippen LogP contribution in [0.4, 0.5) is 0 Å². The van der Waals surface area contributed by atoms with E-state index in [4.69, 9.17) is 10.2 Å². The number of rotatable bonds is 7. The van der Waals surface area contributed by atoms with Crippen LogP contribution >= 0.6 is 11.3 Å². The lowest BCUT2D eigenvalue weighted by Gasteiger charge is -2.24. The minimum Gasteiger partial charge on any atom is -0.465 e. The van der Waals surface area contributed by atoms with Crippen molar-refractivity contribution in [1.82, 2.24) is 10.2 Å². The maximum atomic E-state index is 6.04. The van der Waals surface area contributed by atoms with Crippen molar-refractivity contribution in [1.29, 1.82) is 0 Å². The fourth-order valence-electron chi connectivity index (χ4n) is 3.08. The van der Waals surface area contributed by atoms with E-state index >= 15 is 0 Å². The lowest BCUT2D eigenvalue weighted by Crippen LogP contribution is -2.35. The van der Waals surface area contributed by atoms with Gasteiger partial charge in [-0.25, -0.2) is 0 Å². The van der Waals surface area contributed by atoms with Gasteiger partial charge in [0.2, 0.25) is 0 Å². The highest BCUT2D eigenvalue weighted by Gasteiger charge is 2.25. The van der Waals surface area contributed by atoms with Crippen molar-refractivity contribution in [2.75, 3.05) is 26.2 Å². The van der Waals surface area contributed by atoms with Gasteiger partial charge in [0.1, 0.15) is 11.5 Å². The van der Waals surface area contributed by atoms with Crippen LogP contribution in [0.2, 0.25) is 0 Å². The molecule has 3 N–H and O–H groups in total. The number of hydrogen-bond acceptors (Lipinski definition) is 4. The Morgan fingerprint density at radius 2 is 2.21 bits per heavy atom. The first-order valence-corrected chi connectivity index (χ1v) is 9.47. The maximum absolute atomic E-state index is 6.04. The summed E-state index contributed by atoms with van der Waals surface area (Å²) in [4.78, 5) is 8.36. The summed E-state index contributed by atoms with van der Waals surface area (Å²) in [6.45, 7) is 5.63. The second-order valence-corrected chi connectivity index (χ2v) is 7.22. The summed E-state index contributed by atoms with van der Waals surface area (Å²) in [5.41, 5.74) is 6.04. The second-order valence-electron chi connectivity index (χ2n) is 6.19. The summed E-state index contributed by atoms with van der Waals surface area (Å²) in [7, 11) is 0. The Morgan fingerprint density at radius 3 is 2.88 bits per heavy atom. The lowest BCUT2D eigenvalue weighted by molar-refractivity contribution is 0.219. The quantitative estimate of drug-likeness (QED) is 0.597. The van der Waals surface area contributed by atoms with Crippen LogP contribution in [0, 0.1) is 6.92 Å². The third-order valence-corrected chi connectivity index (χ3v) is 5.30. The van der Waals surface area contributed by atoms with Gasteiger partial charge in [0.05, 0.1) is 12.6 Å². The molecule has 130 valence electrons. The van der Waals surface area contributed by atoms with Crippen molar-refractivity contribution in [2.45, 2.75) is 32.2 Å². The molecule has 0 aliphatic carbocycles. The van der Waals surface area contributed by atoms with Crippen molar-refractivity contribution in [3.05, 3.63) is 46.0 Å². The van der Waals surface area contributed by atoms with Gasteiger partial charge in [-0.2, -0.15) is 0 Å². The first kappa shape index (κ1) is 17.0. The van der Waals surface area contributed by atoms with Gasteiger partial charge in [-0.3, -0.25) is 9.89 Å². The molecule has 0 saturated carbocycles. The molecule has 2 aromatic heterocycles. The molecule has 1 atom stereocenters. The normalized spacial score (nSPS) is 17.3. The van der Waals surface area contributed by atoms with E-state index in [-0.39, 0.29) is 6.04 Å². The zero-order chi connectivity index (χ0) is 16.8. The molecule has 1 fully saturated rings. The standard InChI is InChI=1S/C18H26N4OS/c1-14-6-7-17(23-14)16(22-10-2-3-11-22)13-21-18(19)20-9-8-15-5-4-12-24-15/h4-7,12,16H,2-3,8-11,13H2,1H3,(H3,19,20,21). The number of likely N-dealkylation sites (tertiary alicyclic amines) is 1. The summed E-state index contributed by atoms with van der Waals surface area (Å²) in [6.07, 6.45) is 3.46. The van der Waals surface area contributed by atoms with Crippen molar-refractivity contribution >= 4 is 17.3 Å². The number of hydrogen-bond donors (Lipinski definition) is 2. The average Bonchev–Trinajstić information content (AvgIpc) is 3.30. The van der Waals surface area contributed by atoms with Crippen LogP contribution in [0.25, 0.3) is 0 Å². The largest absolute Gasteiger partial charge is 0.465 e. The summed E-state index contributed by atoms with van der Waals surface area (Å²) in [5.74, 6) is 2.45. The van der Waals surface area contributed by atoms with Gasteiger partial charge in [0.15, 0.2) is 5.96 Å². The Bertz CT molecular complexity index is 644. The Labute approximate surface area is 147 Å². The maximum Gasteiger partial charge on any atom is 0.188 e. The van der Waals surface area contributed by atoms with Crippen LogP contribution in [0.5, 0.6) is 0 Å². The fraction of sp³-hybridized carbons (Fsp3) is 0.500. The van der Waals surface area contributed by atoms with E-state index in [1.807, 2.05) is 13.0 Å². The lowest BCUT2D eigenvalue weighted by atomic mass is 10.2. The third kappa shape index (κ3) is 4.61. The van der Waals surface area contributed by atoms with E-state index in [0.29, 0.717) is 12.5 Å². The highest BCUT2D eigenvalue weighted by molar-refractivity contribution is 7.09. The molecule has 6 heteroatoms. The summed E-state index contributed by atoms with van der Waals surface area (Å²) >= 11 is 1.77. The molecule has 0 amide bonds. The molecule has 1 aliphatic rings. The number of thiophene rings is 1. The minimum atomic E-state index is 0.179. The molecular weight excluding hydrogens is 320 g/mol. The zero-order valence-electron chi connectivity index (χ0n) is 14.2. The van der Waals surface area contributed by atoms with E-state index < -0.39 is 0 Å². The topological polar surface area (TPSA) is 66.8 Å². The van der Waals surface area contributed by atoms with E-state index in [0.717, 1.165) is 37.6 Å². The number of nitrogens with two attached hydrogens (primary N) is 1. The van der Waals surface area contributed by atoms with Crippen LogP contribution < -0.4 is 11.1 Å². The van der Waals surface area contributed by atoms with E-state index in [2.05, 4.69) is 38.8 Å². The molecule has 24 heavy (non-hydrogen) atoms. The van der Waals surface area contributed by atoms with E-state index in [1.165, 1.54) is 17.7 Å². The highest BCUT2D eigenvalue weighted by atomic mass is 32.1. The zero-order valence-corrected chi connectivity index (χ0v) is 15.0. The molecule has 3 rings (SSSR count). The van der Waals surface area contributed by atoms with Gasteiger partial charge in [-0.05, 0) is 62.9 Å². The molecule has 3 heterocycles. The molecule has 0 radical (unpaired) electrons. The molecule has 1 aliphatic heterocycles. The summed E-state index contributed by atoms with van der Waals surface area (Å²) in [5, 5.41) is 5.30. The van der Waals surface area contributed by atoms with Gasteiger partial charge in [-0.15, -0.1) is 11.3 Å². The number of nitrogens with zero attached hydrogens (tertiary/aromatic N) is 2. The van der Waals surface area contributed by atoms with Gasteiger partial charge in [0, 0.05) is 11.4 Å². The molecule has 0 aromatic carbocycles. The van der Waals surface area contributed by atoms with Gasteiger partial charge < -0.3 is 15.5 Å². The van der Waals surface area contributed by atoms with Crippen molar-refractivity contribution in [2.24, 2.45) is 10.7 Å². The number of aryl methyl sites for hydroxylation is 1. The Morgan fingerprint density at radius 1 is 1.38 bits per heavy atom. The van der Waals surface area contributed by atoms with Gasteiger partial charge in [0.25, 0.3) is 0 Å². The monoisotopic (exact) mass is 346 g/mol. The van der Waals surface area contributed by atoms with Crippen LogP contribution in [-0.4, -0.2) is 37.0 Å².